The molecular formula is C14H20N2O4. The maximum absolute atomic E-state index is 11.5. The number of hydrogen-bond donors (Lipinski definition) is 3. The van der Waals surface area contributed by atoms with E-state index in [1.54, 1.807) is 45.0 Å². The van der Waals surface area contributed by atoms with Crippen LogP contribution in [-0.2, 0) is 4.74 Å². The van der Waals surface area contributed by atoms with E-state index < -0.39 is 11.7 Å². The van der Waals surface area contributed by atoms with Crippen molar-refractivity contribution in [2.75, 3.05) is 13.2 Å². The lowest BCUT2D eigenvalue weighted by molar-refractivity contribution is 0.0563. The second kappa shape index (κ2) is 6.91. The van der Waals surface area contributed by atoms with E-state index in [0.717, 1.165) is 0 Å². The van der Waals surface area contributed by atoms with Crippen LogP contribution in [0.15, 0.2) is 24.3 Å². The van der Waals surface area contributed by atoms with Gasteiger partial charge in [-0.25, -0.2) is 4.79 Å². The number of alkyl carbamates (subject to hydrolysis) is 1. The molecule has 6 nitrogen and oxygen atoms in total. The van der Waals surface area contributed by atoms with Gasteiger partial charge in [0.05, 0.1) is 6.61 Å². The molecule has 0 fully saturated rings. The summed E-state index contributed by atoms with van der Waals surface area (Å²) in [5.41, 5.74) is -0.0704. The van der Waals surface area contributed by atoms with E-state index >= 15 is 0 Å². The molecule has 0 radical (unpaired) electrons. The van der Waals surface area contributed by atoms with Gasteiger partial charge >= 0.3 is 6.09 Å². The molecule has 0 saturated heterocycles. The maximum Gasteiger partial charge on any atom is 0.413 e. The molecule has 0 bridgehead atoms. The van der Waals surface area contributed by atoms with Gasteiger partial charge < -0.3 is 14.6 Å². The summed E-state index contributed by atoms with van der Waals surface area (Å²) in [5, 5.41) is 18.8. The molecule has 1 amide bonds. The molecule has 1 rings (SSSR count). The van der Waals surface area contributed by atoms with Gasteiger partial charge in [0.2, 0.25) is 0 Å². The van der Waals surface area contributed by atoms with Crippen molar-refractivity contribution in [3.63, 3.8) is 0 Å². The Morgan fingerprint density at radius 3 is 2.40 bits per heavy atom. The normalized spacial score (nSPS) is 10.8. The fourth-order valence-electron chi connectivity index (χ4n) is 1.36. The monoisotopic (exact) mass is 280 g/mol. The molecule has 0 aliphatic carbocycles. The van der Waals surface area contributed by atoms with Crippen LogP contribution in [-0.4, -0.2) is 35.9 Å². The first kappa shape index (κ1) is 16.0. The molecule has 110 valence electrons. The van der Waals surface area contributed by atoms with Crippen molar-refractivity contribution in [3.05, 3.63) is 29.8 Å². The summed E-state index contributed by atoms with van der Waals surface area (Å²) in [5.74, 6) is 0.542. The number of amides is 1. The molecule has 3 N–H and O–H groups in total. The standard InChI is InChI=1S/C14H20N2O4/c1-14(2,3)20-13(18)16-12(15)10-4-6-11(7-5-10)19-9-8-17/h4-7,17H,8-9H2,1-3H3,(H2,15,16,18). The molecule has 0 saturated carbocycles. The van der Waals surface area contributed by atoms with Gasteiger partial charge in [-0.05, 0) is 45.0 Å². The topological polar surface area (TPSA) is 91.6 Å². The first-order valence-corrected chi connectivity index (χ1v) is 6.24. The summed E-state index contributed by atoms with van der Waals surface area (Å²) in [6.07, 6.45) is -0.664. The Morgan fingerprint density at radius 2 is 1.90 bits per heavy atom. The first-order valence-electron chi connectivity index (χ1n) is 6.24. The summed E-state index contributed by atoms with van der Waals surface area (Å²) in [4.78, 5) is 11.5. The van der Waals surface area contributed by atoms with Gasteiger partial charge in [-0.1, -0.05) is 0 Å². The van der Waals surface area contributed by atoms with Gasteiger partial charge in [-0.2, -0.15) is 0 Å². The van der Waals surface area contributed by atoms with Gasteiger partial charge in [-0.3, -0.25) is 10.7 Å². The molecule has 0 unspecified atom stereocenters. The lowest BCUT2D eigenvalue weighted by Crippen LogP contribution is -2.36. The van der Waals surface area contributed by atoms with Crippen molar-refractivity contribution in [2.24, 2.45) is 0 Å². The number of carbonyl (C=O) groups is 1. The molecule has 0 aliphatic heterocycles. The first-order chi connectivity index (χ1) is 9.31. The third-order valence-electron chi connectivity index (χ3n) is 2.13. The van der Waals surface area contributed by atoms with Crippen LogP contribution >= 0.6 is 0 Å². The molecule has 6 heteroatoms. The van der Waals surface area contributed by atoms with E-state index in [0.29, 0.717) is 11.3 Å². The second-order valence-corrected chi connectivity index (χ2v) is 5.10. The minimum atomic E-state index is -0.664. The Morgan fingerprint density at radius 1 is 1.30 bits per heavy atom. The number of benzene rings is 1. The van der Waals surface area contributed by atoms with Gasteiger partial charge in [-0.15, -0.1) is 0 Å². The lowest BCUT2D eigenvalue weighted by Gasteiger charge is -2.19. The van der Waals surface area contributed by atoms with Crippen molar-refractivity contribution in [3.8, 4) is 5.75 Å². The predicted molar refractivity (Wildman–Crippen MR) is 75.2 cm³/mol. The third kappa shape index (κ3) is 5.71. The van der Waals surface area contributed by atoms with Crippen LogP contribution < -0.4 is 10.1 Å². The highest BCUT2D eigenvalue weighted by Crippen LogP contribution is 2.12. The van der Waals surface area contributed by atoms with Crippen LogP contribution in [0.4, 0.5) is 4.79 Å². The fourth-order valence-corrected chi connectivity index (χ4v) is 1.36. The number of nitrogens with one attached hydrogen (secondary N) is 2. The number of hydrogen-bond acceptors (Lipinski definition) is 5. The summed E-state index contributed by atoms with van der Waals surface area (Å²) >= 11 is 0. The molecule has 1 aromatic carbocycles. The van der Waals surface area contributed by atoms with Crippen LogP contribution in [0.25, 0.3) is 0 Å². The minimum absolute atomic E-state index is 0.0482. The molecule has 1 aromatic rings. The summed E-state index contributed by atoms with van der Waals surface area (Å²) in [6.45, 7) is 5.42. The van der Waals surface area contributed by atoms with Crippen molar-refractivity contribution < 1.29 is 19.4 Å². The van der Waals surface area contributed by atoms with Gasteiger partial charge in [0.1, 0.15) is 23.8 Å². The quantitative estimate of drug-likeness (QED) is 0.580. The number of aliphatic hydroxyl groups is 1. The number of carbonyl (C=O) groups excluding carboxylic acids is 1. The zero-order valence-corrected chi connectivity index (χ0v) is 11.9. The Balaban J connectivity index is 2.57. The summed E-state index contributed by atoms with van der Waals surface area (Å²) < 4.78 is 10.3. The van der Waals surface area contributed by atoms with Crippen molar-refractivity contribution in [1.29, 1.82) is 5.41 Å². The Kier molecular flexibility index (Phi) is 5.52. The number of amidine groups is 1. The van der Waals surface area contributed by atoms with Crippen molar-refractivity contribution in [2.45, 2.75) is 26.4 Å². The predicted octanol–water partition coefficient (Wildman–Crippen LogP) is 1.91. The molecule has 0 aromatic heterocycles. The fraction of sp³-hybridized carbons (Fsp3) is 0.429. The van der Waals surface area contributed by atoms with E-state index in [1.807, 2.05) is 0 Å². The number of ether oxygens (including phenoxy) is 2. The lowest BCUT2D eigenvalue weighted by atomic mass is 10.2. The van der Waals surface area contributed by atoms with Crippen LogP contribution in [0.2, 0.25) is 0 Å². The molecule has 20 heavy (non-hydrogen) atoms. The van der Waals surface area contributed by atoms with Crippen LogP contribution in [0, 0.1) is 5.41 Å². The summed E-state index contributed by atoms with van der Waals surface area (Å²) in [7, 11) is 0. The molecular weight excluding hydrogens is 260 g/mol. The van der Waals surface area contributed by atoms with Gasteiger partial charge in [0.15, 0.2) is 0 Å². The highest BCUT2D eigenvalue weighted by Gasteiger charge is 2.17. The molecule has 0 aliphatic rings. The smallest absolute Gasteiger partial charge is 0.413 e. The second-order valence-electron chi connectivity index (χ2n) is 5.10. The average molecular weight is 280 g/mol. The zero-order chi connectivity index (χ0) is 15.2. The highest BCUT2D eigenvalue weighted by atomic mass is 16.6. The Labute approximate surface area is 118 Å². The Hall–Kier alpha value is -2.08. The largest absolute Gasteiger partial charge is 0.491 e. The van der Waals surface area contributed by atoms with Gasteiger partial charge in [0, 0.05) is 5.56 Å². The molecule has 0 spiro atoms. The van der Waals surface area contributed by atoms with Gasteiger partial charge in [0.25, 0.3) is 0 Å². The Bertz CT molecular complexity index is 463. The van der Waals surface area contributed by atoms with Crippen LogP contribution in [0.3, 0.4) is 0 Å². The van der Waals surface area contributed by atoms with E-state index in [9.17, 15) is 4.79 Å². The summed E-state index contributed by atoms with van der Waals surface area (Å²) in [6, 6.07) is 6.62. The average Bonchev–Trinajstić information content (AvgIpc) is 2.34. The third-order valence-corrected chi connectivity index (χ3v) is 2.13. The number of rotatable bonds is 4. The van der Waals surface area contributed by atoms with E-state index in [4.69, 9.17) is 20.0 Å². The molecule has 0 heterocycles. The van der Waals surface area contributed by atoms with E-state index in [1.165, 1.54) is 0 Å². The maximum atomic E-state index is 11.5. The molecule has 0 atom stereocenters. The van der Waals surface area contributed by atoms with Crippen molar-refractivity contribution >= 4 is 11.9 Å². The number of aliphatic hydroxyl groups excluding tert-OH is 1. The van der Waals surface area contributed by atoms with E-state index in [-0.39, 0.29) is 19.0 Å². The van der Waals surface area contributed by atoms with Crippen molar-refractivity contribution in [1.82, 2.24) is 5.32 Å². The van der Waals surface area contributed by atoms with Crippen LogP contribution in [0.5, 0.6) is 5.75 Å². The SMILES string of the molecule is CC(C)(C)OC(=O)NC(=N)c1ccc(OCCO)cc1. The highest BCUT2D eigenvalue weighted by molar-refractivity contribution is 6.04. The zero-order valence-electron chi connectivity index (χ0n) is 11.9. The van der Waals surface area contributed by atoms with E-state index in [2.05, 4.69) is 5.32 Å². The van der Waals surface area contributed by atoms with Crippen LogP contribution in [0.1, 0.15) is 26.3 Å². The minimum Gasteiger partial charge on any atom is -0.491 e.